The van der Waals surface area contributed by atoms with Crippen LogP contribution in [0.25, 0.3) is 54.2 Å². The Morgan fingerprint density at radius 2 is 0.800 bits per heavy atom. The Morgan fingerprint density at radius 1 is 0.400 bits per heavy atom. The zero-order chi connectivity index (χ0) is 30.0. The molecule has 4 nitrogen and oxygen atoms in total. The van der Waals surface area contributed by atoms with E-state index in [9.17, 15) is 0 Å². The molecule has 0 aliphatic heterocycles. The first-order valence-corrected chi connectivity index (χ1v) is 16.9. The lowest BCUT2D eigenvalue weighted by Gasteiger charge is -2.20. The molecule has 0 atom stereocenters. The van der Waals surface area contributed by atoms with E-state index in [0.29, 0.717) is 23.0 Å². The van der Waals surface area contributed by atoms with E-state index in [2.05, 4.69) is 71.4 Å². The average molecular weight is 637 g/mol. The van der Waals surface area contributed by atoms with Gasteiger partial charge in [0.2, 0.25) is 0 Å². The van der Waals surface area contributed by atoms with Gasteiger partial charge in [0.25, 0.3) is 0 Å². The Hall–Kier alpha value is -5.08. The van der Waals surface area contributed by atoms with Crippen LogP contribution in [-0.4, -0.2) is 8.75 Å². The van der Waals surface area contributed by atoms with E-state index in [0.717, 1.165) is 54.2 Å². The molecule has 3 aromatic heterocycles. The van der Waals surface area contributed by atoms with Gasteiger partial charge in [0.15, 0.2) is 11.5 Å². The van der Waals surface area contributed by atoms with Crippen LogP contribution in [0.5, 0.6) is 23.0 Å². The van der Waals surface area contributed by atoms with Crippen LogP contribution in [0.1, 0.15) is 0 Å². The minimum absolute atomic E-state index is 0.612. The van der Waals surface area contributed by atoms with E-state index >= 15 is 0 Å². The van der Waals surface area contributed by atoms with Crippen molar-refractivity contribution in [2.45, 2.75) is 0 Å². The number of fused-ring (bicyclic) bond motifs is 1. The number of benzene rings is 5. The lowest BCUT2D eigenvalue weighted by atomic mass is 10.0. The van der Waals surface area contributed by atoms with Gasteiger partial charge in [0.05, 0.1) is 22.9 Å². The van der Waals surface area contributed by atoms with Gasteiger partial charge < -0.3 is 9.47 Å². The van der Waals surface area contributed by atoms with Crippen LogP contribution in [0.4, 0.5) is 0 Å². The normalized spacial score (nSPS) is 11.1. The molecule has 0 aliphatic carbocycles. The van der Waals surface area contributed by atoms with Gasteiger partial charge >= 0.3 is 0 Å². The van der Waals surface area contributed by atoms with Gasteiger partial charge in [0, 0.05) is 9.75 Å². The van der Waals surface area contributed by atoms with Crippen LogP contribution in [0.2, 0.25) is 0 Å². The van der Waals surface area contributed by atoms with Crippen molar-refractivity contribution >= 4 is 45.4 Å². The third-order valence-electron chi connectivity index (χ3n) is 7.52. The summed E-state index contributed by atoms with van der Waals surface area (Å²) < 4.78 is 23.3. The monoisotopic (exact) mass is 636 g/mol. The Balaban J connectivity index is 1.30. The Labute approximate surface area is 272 Å². The minimum Gasteiger partial charge on any atom is -0.453 e. The number of aromatic nitrogens is 2. The summed E-state index contributed by atoms with van der Waals surface area (Å²) in [5.41, 5.74) is 7.89. The van der Waals surface area contributed by atoms with Gasteiger partial charge in [-0.05, 0) is 69.4 Å². The summed E-state index contributed by atoms with van der Waals surface area (Å²) in [6, 6.07) is 45.3. The lowest BCUT2D eigenvalue weighted by Crippen LogP contribution is -1.98. The van der Waals surface area contributed by atoms with E-state index in [1.807, 2.05) is 72.8 Å². The molecule has 45 heavy (non-hydrogen) atoms. The highest BCUT2D eigenvalue weighted by Gasteiger charge is 2.29. The molecule has 7 heteroatoms. The Bertz CT molecular complexity index is 2020. The fraction of sp³-hybridized carbons (Fsp3) is 0. The minimum atomic E-state index is 0.612. The van der Waals surface area contributed by atoms with E-state index in [-0.39, 0.29) is 0 Å². The topological polar surface area (TPSA) is 44.2 Å². The number of hydrogen-bond acceptors (Lipinski definition) is 7. The molecule has 0 radical (unpaired) electrons. The number of rotatable bonds is 8. The standard InChI is InChI=1S/C38H24N2O2S3/c1-3-9-25(10-4-1)27-15-19-29(20-16-27)41-37-33(31-13-7-23-43-31)35-36(40-45-39-35)34(32-14-8-24-44-32)38(37)42-30-21-17-28(18-22-30)26-11-5-2-6-12-26/h1-24H. The molecule has 8 aromatic rings. The van der Waals surface area contributed by atoms with Crippen molar-refractivity contribution in [3.63, 3.8) is 0 Å². The van der Waals surface area contributed by atoms with Crippen molar-refractivity contribution in [2.24, 2.45) is 0 Å². The van der Waals surface area contributed by atoms with Gasteiger partial charge in [-0.2, -0.15) is 8.75 Å². The molecule has 0 amide bonds. The fourth-order valence-corrected chi connectivity index (χ4v) is 7.48. The maximum absolute atomic E-state index is 6.86. The summed E-state index contributed by atoms with van der Waals surface area (Å²) in [5.74, 6) is 2.63. The van der Waals surface area contributed by atoms with Crippen molar-refractivity contribution in [1.29, 1.82) is 0 Å². The molecule has 0 aliphatic rings. The van der Waals surface area contributed by atoms with Crippen molar-refractivity contribution in [3.8, 4) is 66.1 Å². The third-order valence-corrected chi connectivity index (χ3v) is 9.82. The van der Waals surface area contributed by atoms with E-state index < -0.39 is 0 Å². The molecule has 216 valence electrons. The zero-order valence-corrected chi connectivity index (χ0v) is 26.2. The second kappa shape index (κ2) is 12.1. The SMILES string of the molecule is c1ccc(-c2ccc(Oc3c(Oc4ccc(-c5ccccc5)cc4)c(-c4cccs4)c4nsnc4c3-c3cccs3)cc2)cc1. The number of thiophene rings is 2. The third kappa shape index (κ3) is 5.42. The van der Waals surface area contributed by atoms with Gasteiger partial charge in [-0.1, -0.05) is 97.1 Å². The Kier molecular flexibility index (Phi) is 7.40. The molecule has 0 saturated carbocycles. The van der Waals surface area contributed by atoms with Crippen LogP contribution in [0, 0.1) is 0 Å². The predicted octanol–water partition coefficient (Wildman–Crippen LogP) is 12.1. The van der Waals surface area contributed by atoms with Gasteiger partial charge in [0.1, 0.15) is 22.5 Å². The van der Waals surface area contributed by atoms with Crippen LogP contribution in [-0.2, 0) is 0 Å². The molecule has 0 saturated heterocycles. The highest BCUT2D eigenvalue weighted by atomic mass is 32.1. The largest absolute Gasteiger partial charge is 0.453 e. The van der Waals surface area contributed by atoms with Crippen LogP contribution >= 0.6 is 34.4 Å². The number of hydrogen-bond donors (Lipinski definition) is 0. The van der Waals surface area contributed by atoms with Crippen molar-refractivity contribution in [3.05, 3.63) is 144 Å². The first-order valence-electron chi connectivity index (χ1n) is 14.4. The quantitative estimate of drug-likeness (QED) is 0.166. The van der Waals surface area contributed by atoms with Crippen molar-refractivity contribution in [1.82, 2.24) is 8.75 Å². The van der Waals surface area contributed by atoms with Gasteiger partial charge in [-0.15, -0.1) is 22.7 Å². The van der Waals surface area contributed by atoms with Gasteiger partial charge in [-0.25, -0.2) is 0 Å². The van der Waals surface area contributed by atoms with Gasteiger partial charge in [-0.3, -0.25) is 0 Å². The van der Waals surface area contributed by atoms with Crippen LogP contribution in [0.3, 0.4) is 0 Å². The number of ether oxygens (including phenoxy) is 2. The lowest BCUT2D eigenvalue weighted by molar-refractivity contribution is 0.422. The average Bonchev–Trinajstić information content (AvgIpc) is 3.91. The molecular weight excluding hydrogens is 613 g/mol. The summed E-state index contributed by atoms with van der Waals surface area (Å²) in [6.07, 6.45) is 0. The van der Waals surface area contributed by atoms with E-state index in [1.165, 1.54) is 11.7 Å². The Morgan fingerprint density at radius 3 is 1.18 bits per heavy atom. The van der Waals surface area contributed by atoms with Crippen LogP contribution < -0.4 is 9.47 Å². The highest BCUT2D eigenvalue weighted by Crippen LogP contribution is 2.54. The summed E-state index contributed by atoms with van der Waals surface area (Å²) in [7, 11) is 0. The molecule has 3 heterocycles. The first-order chi connectivity index (χ1) is 22.3. The molecule has 5 aromatic carbocycles. The van der Waals surface area contributed by atoms with E-state index in [1.54, 1.807) is 22.7 Å². The summed E-state index contributed by atoms with van der Waals surface area (Å²) in [4.78, 5) is 2.07. The molecule has 0 bridgehead atoms. The summed E-state index contributed by atoms with van der Waals surface area (Å²) in [5, 5.41) is 4.13. The van der Waals surface area contributed by atoms with Crippen LogP contribution in [0.15, 0.2) is 144 Å². The molecule has 8 rings (SSSR count). The maximum atomic E-state index is 6.86. The van der Waals surface area contributed by atoms with Crippen molar-refractivity contribution in [2.75, 3.05) is 0 Å². The molecular formula is C38H24N2O2S3. The van der Waals surface area contributed by atoms with Crippen molar-refractivity contribution < 1.29 is 9.47 Å². The number of nitrogens with zero attached hydrogens (tertiary/aromatic N) is 2. The molecule has 0 N–H and O–H groups in total. The molecule has 0 fully saturated rings. The maximum Gasteiger partial charge on any atom is 0.181 e. The second-order valence-electron chi connectivity index (χ2n) is 10.3. The zero-order valence-electron chi connectivity index (χ0n) is 23.8. The molecule has 0 spiro atoms. The predicted molar refractivity (Wildman–Crippen MR) is 188 cm³/mol. The van der Waals surface area contributed by atoms with E-state index in [4.69, 9.17) is 18.2 Å². The molecule has 0 unspecified atom stereocenters. The fourth-order valence-electron chi connectivity index (χ4n) is 5.38. The second-order valence-corrected chi connectivity index (χ2v) is 12.7. The smallest absolute Gasteiger partial charge is 0.181 e. The first kappa shape index (κ1) is 27.5. The summed E-state index contributed by atoms with van der Waals surface area (Å²) in [6.45, 7) is 0. The highest BCUT2D eigenvalue weighted by molar-refractivity contribution is 7.14. The summed E-state index contributed by atoms with van der Waals surface area (Å²) >= 11 is 4.48.